The highest BCUT2D eigenvalue weighted by Gasteiger charge is 2.20. The van der Waals surface area contributed by atoms with Gasteiger partial charge in [-0.25, -0.2) is 0 Å². The summed E-state index contributed by atoms with van der Waals surface area (Å²) in [6, 6.07) is 10.3. The van der Waals surface area contributed by atoms with Crippen molar-refractivity contribution < 1.29 is 14.1 Å². The number of rotatable bonds is 4. The zero-order valence-electron chi connectivity index (χ0n) is 12.6. The number of aryl methyl sites for hydroxylation is 1. The van der Waals surface area contributed by atoms with Gasteiger partial charge >= 0.3 is 0 Å². The van der Waals surface area contributed by atoms with E-state index in [4.69, 9.17) is 4.42 Å². The Kier molecular flexibility index (Phi) is 3.61. The van der Waals surface area contributed by atoms with Crippen LogP contribution in [0.25, 0.3) is 11.0 Å². The molecule has 23 heavy (non-hydrogen) atoms. The molecule has 1 N–H and O–H groups in total. The maximum Gasteiger partial charge on any atom is 0.287 e. The van der Waals surface area contributed by atoms with Crippen LogP contribution in [0, 0.1) is 10.1 Å². The van der Waals surface area contributed by atoms with Gasteiger partial charge in [-0.3, -0.25) is 14.9 Å². The quantitative estimate of drug-likeness (QED) is 0.591. The van der Waals surface area contributed by atoms with Crippen molar-refractivity contribution in [3.05, 3.63) is 64.2 Å². The molecule has 0 fully saturated rings. The zero-order chi connectivity index (χ0) is 16.6. The Bertz CT molecular complexity index is 861. The Morgan fingerprint density at radius 3 is 2.74 bits per heavy atom. The summed E-state index contributed by atoms with van der Waals surface area (Å²) in [5, 5.41) is 14.5. The molecule has 0 aliphatic carbocycles. The fourth-order valence-electron chi connectivity index (χ4n) is 2.43. The molecule has 0 radical (unpaired) electrons. The Hall–Kier alpha value is -3.09. The molecule has 7 nitrogen and oxygen atoms in total. The van der Waals surface area contributed by atoms with Gasteiger partial charge < -0.3 is 14.3 Å². The van der Waals surface area contributed by atoms with Gasteiger partial charge in [-0.1, -0.05) is 18.2 Å². The van der Waals surface area contributed by atoms with Gasteiger partial charge in [0.2, 0.25) is 0 Å². The summed E-state index contributed by atoms with van der Waals surface area (Å²) < 4.78 is 7.14. The Morgan fingerprint density at radius 2 is 2.09 bits per heavy atom. The summed E-state index contributed by atoms with van der Waals surface area (Å²) in [4.78, 5) is 22.6. The van der Waals surface area contributed by atoms with Crippen molar-refractivity contribution in [3.8, 4) is 0 Å². The molecule has 0 saturated carbocycles. The molecule has 1 aromatic carbocycles. The number of amides is 1. The molecule has 1 unspecified atom stereocenters. The van der Waals surface area contributed by atoms with Crippen LogP contribution in [0.15, 0.2) is 47.0 Å². The third-order valence-electron chi connectivity index (χ3n) is 3.65. The van der Waals surface area contributed by atoms with Crippen LogP contribution in [-0.2, 0) is 7.05 Å². The number of carbonyl (C=O) groups is 1. The van der Waals surface area contributed by atoms with E-state index in [1.165, 1.54) is 16.8 Å². The highest BCUT2D eigenvalue weighted by Crippen LogP contribution is 2.24. The number of aromatic nitrogens is 1. The number of fused-ring (bicyclic) bond motifs is 1. The molecule has 2 aromatic heterocycles. The monoisotopic (exact) mass is 313 g/mol. The van der Waals surface area contributed by atoms with Crippen LogP contribution in [0.4, 0.5) is 5.69 Å². The van der Waals surface area contributed by atoms with Crippen LogP contribution in [0.2, 0.25) is 0 Å². The summed E-state index contributed by atoms with van der Waals surface area (Å²) in [5.74, 6) is 0.233. The average Bonchev–Trinajstić information content (AvgIpc) is 3.10. The van der Waals surface area contributed by atoms with Crippen molar-refractivity contribution in [1.29, 1.82) is 0 Å². The van der Waals surface area contributed by atoms with Crippen molar-refractivity contribution in [1.82, 2.24) is 9.88 Å². The van der Waals surface area contributed by atoms with Crippen molar-refractivity contribution >= 4 is 22.6 Å². The van der Waals surface area contributed by atoms with Gasteiger partial charge in [-0.05, 0) is 19.1 Å². The fraction of sp³-hybridized carbons (Fsp3) is 0.188. The molecule has 3 aromatic rings. The smallest absolute Gasteiger partial charge is 0.287 e. The predicted molar refractivity (Wildman–Crippen MR) is 84.2 cm³/mol. The predicted octanol–water partition coefficient (Wildman–Crippen LogP) is 3.17. The molecule has 2 heterocycles. The van der Waals surface area contributed by atoms with Crippen molar-refractivity contribution in [3.63, 3.8) is 0 Å². The zero-order valence-corrected chi connectivity index (χ0v) is 12.6. The number of hydrogen-bond donors (Lipinski definition) is 1. The minimum atomic E-state index is -0.528. The van der Waals surface area contributed by atoms with Crippen molar-refractivity contribution in [2.75, 3.05) is 0 Å². The number of para-hydroxylation sites is 1. The molecule has 0 spiro atoms. The molecule has 0 aliphatic heterocycles. The second kappa shape index (κ2) is 5.60. The molecule has 7 heteroatoms. The number of furan rings is 1. The van der Waals surface area contributed by atoms with E-state index in [0.717, 1.165) is 11.0 Å². The van der Waals surface area contributed by atoms with Crippen LogP contribution in [0.1, 0.15) is 29.2 Å². The van der Waals surface area contributed by atoms with Gasteiger partial charge in [0.15, 0.2) is 0 Å². The van der Waals surface area contributed by atoms with E-state index >= 15 is 0 Å². The number of nitrogens with one attached hydrogen (secondary N) is 1. The first-order valence-electron chi connectivity index (χ1n) is 7.06. The largest absolute Gasteiger partial charge is 0.459 e. The third kappa shape index (κ3) is 2.80. The minimum absolute atomic E-state index is 0.117. The van der Waals surface area contributed by atoms with E-state index in [2.05, 4.69) is 5.32 Å². The van der Waals surface area contributed by atoms with E-state index in [0.29, 0.717) is 5.76 Å². The fourth-order valence-corrected chi connectivity index (χ4v) is 2.43. The first-order chi connectivity index (χ1) is 11.0. The SMILES string of the molecule is CC(NC(=O)c1cc([N+](=O)[O-])cn1C)c1cc2ccccc2o1. The van der Waals surface area contributed by atoms with Crippen LogP contribution in [-0.4, -0.2) is 15.4 Å². The maximum atomic E-state index is 12.3. The number of hydrogen-bond acceptors (Lipinski definition) is 4. The highest BCUT2D eigenvalue weighted by molar-refractivity contribution is 5.93. The number of carbonyl (C=O) groups excluding carboxylic acids is 1. The van der Waals surface area contributed by atoms with Gasteiger partial charge in [0.25, 0.3) is 11.6 Å². The molecule has 1 atom stereocenters. The molecule has 3 rings (SSSR count). The average molecular weight is 313 g/mol. The van der Waals surface area contributed by atoms with Crippen molar-refractivity contribution in [2.45, 2.75) is 13.0 Å². The molecule has 1 amide bonds. The topological polar surface area (TPSA) is 90.3 Å². The lowest BCUT2D eigenvalue weighted by Gasteiger charge is -2.11. The normalized spacial score (nSPS) is 12.3. The molecule has 118 valence electrons. The third-order valence-corrected chi connectivity index (χ3v) is 3.65. The number of benzene rings is 1. The van der Waals surface area contributed by atoms with E-state index in [-0.39, 0.29) is 17.4 Å². The second-order valence-corrected chi connectivity index (χ2v) is 5.33. The summed E-state index contributed by atoms with van der Waals surface area (Å²) in [5.41, 5.74) is 0.854. The summed E-state index contributed by atoms with van der Waals surface area (Å²) in [6.07, 6.45) is 1.31. The Labute approximate surface area is 131 Å². The van der Waals surface area contributed by atoms with Gasteiger partial charge in [0.1, 0.15) is 17.0 Å². The Morgan fingerprint density at radius 1 is 1.35 bits per heavy atom. The van der Waals surface area contributed by atoms with Crippen LogP contribution in [0.3, 0.4) is 0 Å². The van der Waals surface area contributed by atoms with E-state index in [1.54, 1.807) is 14.0 Å². The highest BCUT2D eigenvalue weighted by atomic mass is 16.6. The summed E-state index contributed by atoms with van der Waals surface area (Å²) in [6.45, 7) is 1.80. The van der Waals surface area contributed by atoms with E-state index in [1.807, 2.05) is 30.3 Å². The van der Waals surface area contributed by atoms with Crippen LogP contribution in [0.5, 0.6) is 0 Å². The number of nitrogens with zero attached hydrogens (tertiary/aromatic N) is 2. The van der Waals surface area contributed by atoms with Gasteiger partial charge in [0.05, 0.1) is 17.2 Å². The first kappa shape index (κ1) is 14.8. The van der Waals surface area contributed by atoms with Gasteiger partial charge in [0, 0.05) is 18.5 Å². The lowest BCUT2D eigenvalue weighted by Crippen LogP contribution is -2.27. The molecular formula is C16H15N3O4. The van der Waals surface area contributed by atoms with Gasteiger partial charge in [-0.2, -0.15) is 0 Å². The summed E-state index contributed by atoms with van der Waals surface area (Å²) >= 11 is 0. The lowest BCUT2D eigenvalue weighted by molar-refractivity contribution is -0.384. The molecular weight excluding hydrogens is 298 g/mol. The molecule has 0 bridgehead atoms. The Balaban J connectivity index is 1.80. The standard InChI is InChI=1S/C16H15N3O4/c1-10(15-7-11-5-3-4-6-14(11)23-15)17-16(20)13-8-12(19(21)22)9-18(13)2/h3-10H,1-2H3,(H,17,20). The minimum Gasteiger partial charge on any atom is -0.459 e. The maximum absolute atomic E-state index is 12.3. The second-order valence-electron chi connectivity index (χ2n) is 5.33. The van der Waals surface area contributed by atoms with Gasteiger partial charge in [-0.15, -0.1) is 0 Å². The van der Waals surface area contributed by atoms with Crippen LogP contribution < -0.4 is 5.32 Å². The number of nitro groups is 1. The first-order valence-corrected chi connectivity index (χ1v) is 7.06. The van der Waals surface area contributed by atoms with Crippen LogP contribution >= 0.6 is 0 Å². The molecule has 0 aliphatic rings. The van der Waals surface area contributed by atoms with Crippen molar-refractivity contribution in [2.24, 2.45) is 7.05 Å². The van der Waals surface area contributed by atoms with E-state index in [9.17, 15) is 14.9 Å². The van der Waals surface area contributed by atoms with E-state index < -0.39 is 10.8 Å². The molecule has 0 saturated heterocycles. The lowest BCUT2D eigenvalue weighted by atomic mass is 10.2. The summed E-state index contributed by atoms with van der Waals surface area (Å²) in [7, 11) is 1.59.